The van der Waals surface area contributed by atoms with E-state index in [0.29, 0.717) is 17.9 Å². The number of nitrogens with zero attached hydrogens (tertiary/aromatic N) is 1. The van der Waals surface area contributed by atoms with E-state index in [1.807, 2.05) is 0 Å². The minimum atomic E-state index is -2.92. The number of hydrogen-bond donors (Lipinski definition) is 2. The van der Waals surface area contributed by atoms with Crippen molar-refractivity contribution in [1.82, 2.24) is 10.6 Å². The van der Waals surface area contributed by atoms with Gasteiger partial charge in [-0.3, -0.25) is 4.99 Å². The summed E-state index contributed by atoms with van der Waals surface area (Å²) < 4.78 is 22.9. The fraction of sp³-hybridized carbons (Fsp3) is 0.929. The first-order valence-electron chi connectivity index (χ1n) is 7.62. The third-order valence-electron chi connectivity index (χ3n) is 4.41. The predicted molar refractivity (Wildman–Crippen MR) is 100 cm³/mol. The molecule has 126 valence electrons. The summed E-state index contributed by atoms with van der Waals surface area (Å²) in [6.45, 7) is 5.25. The highest BCUT2D eigenvalue weighted by molar-refractivity contribution is 14.0. The van der Waals surface area contributed by atoms with Crippen molar-refractivity contribution < 1.29 is 8.42 Å². The summed E-state index contributed by atoms with van der Waals surface area (Å²) in [5.74, 6) is 1.05. The molecule has 7 heteroatoms. The van der Waals surface area contributed by atoms with Gasteiger partial charge in [0, 0.05) is 25.9 Å². The van der Waals surface area contributed by atoms with Gasteiger partial charge in [0.25, 0.3) is 0 Å². The number of nitrogens with one attached hydrogen (secondary N) is 2. The molecule has 21 heavy (non-hydrogen) atoms. The zero-order valence-electron chi connectivity index (χ0n) is 13.4. The number of sulfone groups is 1. The first-order valence-corrected chi connectivity index (χ1v) is 9.44. The molecule has 0 aromatic rings. The van der Waals surface area contributed by atoms with Crippen LogP contribution in [-0.2, 0) is 9.84 Å². The van der Waals surface area contributed by atoms with Gasteiger partial charge in [-0.05, 0) is 24.7 Å². The molecule has 0 aliphatic heterocycles. The summed E-state index contributed by atoms with van der Waals surface area (Å²) in [5, 5.41) is 6.44. The van der Waals surface area contributed by atoms with E-state index in [9.17, 15) is 8.42 Å². The standard InChI is InChI=1S/C14H29N3O2S.HI/c1-4-14(8-6-7-9-14)12-17-13(15-3)16-10-11-20(18,19)5-2;/h4-12H2,1-3H3,(H2,15,16,17);1H. The van der Waals surface area contributed by atoms with E-state index >= 15 is 0 Å². The van der Waals surface area contributed by atoms with Gasteiger partial charge in [-0.15, -0.1) is 24.0 Å². The van der Waals surface area contributed by atoms with Crippen LogP contribution in [0.1, 0.15) is 46.0 Å². The van der Waals surface area contributed by atoms with Gasteiger partial charge in [-0.2, -0.15) is 0 Å². The van der Waals surface area contributed by atoms with Gasteiger partial charge in [0.2, 0.25) is 0 Å². The van der Waals surface area contributed by atoms with E-state index in [1.54, 1.807) is 14.0 Å². The Bertz CT molecular complexity index is 418. The Balaban J connectivity index is 0.00000400. The molecule has 0 radical (unpaired) electrons. The summed E-state index contributed by atoms with van der Waals surface area (Å²) >= 11 is 0. The Morgan fingerprint density at radius 2 is 1.81 bits per heavy atom. The molecule has 1 aliphatic carbocycles. The van der Waals surface area contributed by atoms with E-state index in [0.717, 1.165) is 6.54 Å². The van der Waals surface area contributed by atoms with Gasteiger partial charge < -0.3 is 10.6 Å². The zero-order valence-corrected chi connectivity index (χ0v) is 16.6. The molecule has 1 fully saturated rings. The molecule has 0 aromatic heterocycles. The second-order valence-corrected chi connectivity index (χ2v) is 8.12. The van der Waals surface area contributed by atoms with Crippen LogP contribution in [0.2, 0.25) is 0 Å². The lowest BCUT2D eigenvalue weighted by Gasteiger charge is -2.28. The molecular weight excluding hydrogens is 401 g/mol. The van der Waals surface area contributed by atoms with Crippen LogP contribution in [0, 0.1) is 5.41 Å². The van der Waals surface area contributed by atoms with Gasteiger partial charge in [0.05, 0.1) is 5.75 Å². The molecule has 1 aliphatic rings. The van der Waals surface area contributed by atoms with Gasteiger partial charge in [0.1, 0.15) is 0 Å². The van der Waals surface area contributed by atoms with Crippen LogP contribution in [0.5, 0.6) is 0 Å². The van der Waals surface area contributed by atoms with E-state index < -0.39 is 9.84 Å². The van der Waals surface area contributed by atoms with Crippen molar-refractivity contribution >= 4 is 39.8 Å². The molecule has 0 saturated heterocycles. The maximum atomic E-state index is 11.4. The summed E-state index contributed by atoms with van der Waals surface area (Å²) in [6.07, 6.45) is 6.36. The molecule has 5 nitrogen and oxygen atoms in total. The molecule has 2 N–H and O–H groups in total. The highest BCUT2D eigenvalue weighted by Gasteiger charge is 2.31. The second-order valence-electron chi connectivity index (χ2n) is 5.65. The third kappa shape index (κ3) is 7.17. The molecule has 0 heterocycles. The summed E-state index contributed by atoms with van der Waals surface area (Å²) in [5.41, 5.74) is 0.396. The minimum Gasteiger partial charge on any atom is -0.356 e. The molecule has 0 amide bonds. The lowest BCUT2D eigenvalue weighted by Crippen LogP contribution is -2.44. The van der Waals surface area contributed by atoms with E-state index in [2.05, 4.69) is 22.5 Å². The summed E-state index contributed by atoms with van der Waals surface area (Å²) in [4.78, 5) is 4.16. The highest BCUT2D eigenvalue weighted by atomic mass is 127. The maximum absolute atomic E-state index is 11.4. The Labute approximate surface area is 146 Å². The average Bonchev–Trinajstić information content (AvgIpc) is 2.92. The Hall–Kier alpha value is -0.0500. The molecule has 0 aromatic carbocycles. The summed E-state index contributed by atoms with van der Waals surface area (Å²) in [7, 11) is -1.20. The highest BCUT2D eigenvalue weighted by Crippen LogP contribution is 2.40. The lowest BCUT2D eigenvalue weighted by atomic mass is 9.83. The van der Waals surface area contributed by atoms with Crippen LogP contribution in [0.3, 0.4) is 0 Å². The first kappa shape index (κ1) is 20.9. The monoisotopic (exact) mass is 431 g/mol. The van der Waals surface area contributed by atoms with Crippen molar-refractivity contribution in [2.24, 2.45) is 10.4 Å². The predicted octanol–water partition coefficient (Wildman–Crippen LogP) is 2.17. The Morgan fingerprint density at radius 1 is 1.19 bits per heavy atom. The number of hydrogen-bond acceptors (Lipinski definition) is 3. The molecule has 0 bridgehead atoms. The fourth-order valence-electron chi connectivity index (χ4n) is 2.74. The van der Waals surface area contributed by atoms with Crippen molar-refractivity contribution in [3.63, 3.8) is 0 Å². The number of rotatable bonds is 7. The van der Waals surface area contributed by atoms with Crippen LogP contribution < -0.4 is 10.6 Å². The molecule has 0 atom stereocenters. The van der Waals surface area contributed by atoms with Crippen LogP contribution in [0.15, 0.2) is 4.99 Å². The normalized spacial score (nSPS) is 18.1. The largest absolute Gasteiger partial charge is 0.356 e. The lowest BCUT2D eigenvalue weighted by molar-refractivity contribution is 0.283. The maximum Gasteiger partial charge on any atom is 0.191 e. The molecular formula is C14H30IN3O2S. The van der Waals surface area contributed by atoms with Gasteiger partial charge in [-0.25, -0.2) is 8.42 Å². The van der Waals surface area contributed by atoms with Crippen LogP contribution in [0.4, 0.5) is 0 Å². The minimum absolute atomic E-state index is 0. The van der Waals surface area contributed by atoms with Crippen LogP contribution >= 0.6 is 24.0 Å². The van der Waals surface area contributed by atoms with Gasteiger partial charge in [0.15, 0.2) is 15.8 Å². The quantitative estimate of drug-likeness (QED) is 0.368. The smallest absolute Gasteiger partial charge is 0.191 e. The number of aliphatic imine (C=N–C) groups is 1. The summed E-state index contributed by atoms with van der Waals surface area (Å²) in [6, 6.07) is 0. The SMILES string of the molecule is CCC1(CNC(=NC)NCCS(=O)(=O)CC)CCCC1.I. The molecule has 1 saturated carbocycles. The van der Waals surface area contributed by atoms with Crippen molar-refractivity contribution in [1.29, 1.82) is 0 Å². The molecule has 1 rings (SSSR count). The van der Waals surface area contributed by atoms with E-state index in [4.69, 9.17) is 0 Å². The Kier molecular flexibility index (Phi) is 9.84. The molecule has 0 unspecified atom stereocenters. The Morgan fingerprint density at radius 3 is 2.29 bits per heavy atom. The van der Waals surface area contributed by atoms with Crippen molar-refractivity contribution in [3.8, 4) is 0 Å². The average molecular weight is 431 g/mol. The number of guanidine groups is 1. The van der Waals surface area contributed by atoms with Crippen LogP contribution in [0.25, 0.3) is 0 Å². The van der Waals surface area contributed by atoms with Crippen LogP contribution in [-0.4, -0.2) is 46.0 Å². The van der Waals surface area contributed by atoms with Gasteiger partial charge in [-0.1, -0.05) is 26.7 Å². The third-order valence-corrected chi connectivity index (χ3v) is 6.12. The van der Waals surface area contributed by atoms with Crippen molar-refractivity contribution in [2.75, 3.05) is 31.6 Å². The second kappa shape index (κ2) is 9.86. The fourth-order valence-corrected chi connectivity index (χ4v) is 3.44. The first-order chi connectivity index (χ1) is 9.47. The number of halogens is 1. The van der Waals surface area contributed by atoms with E-state index in [-0.39, 0.29) is 35.5 Å². The topological polar surface area (TPSA) is 70.6 Å². The van der Waals surface area contributed by atoms with Crippen molar-refractivity contribution in [2.45, 2.75) is 46.0 Å². The van der Waals surface area contributed by atoms with Gasteiger partial charge >= 0.3 is 0 Å². The zero-order chi connectivity index (χ0) is 15.1. The molecule has 0 spiro atoms. The van der Waals surface area contributed by atoms with E-state index in [1.165, 1.54) is 32.1 Å². The van der Waals surface area contributed by atoms with Crippen molar-refractivity contribution in [3.05, 3.63) is 0 Å².